The molecule has 0 spiro atoms. The van der Waals surface area contributed by atoms with Gasteiger partial charge < -0.3 is 5.11 Å². The van der Waals surface area contributed by atoms with Gasteiger partial charge in [0.1, 0.15) is 17.8 Å². The molecule has 0 amide bonds. The first-order valence-corrected chi connectivity index (χ1v) is 10.7. The summed E-state index contributed by atoms with van der Waals surface area (Å²) in [5, 5.41) is 18.6. The van der Waals surface area contributed by atoms with Gasteiger partial charge in [-0.1, -0.05) is 24.3 Å². The second-order valence-corrected chi connectivity index (χ2v) is 8.29. The Balaban J connectivity index is 1.40. The SMILES string of the molecule is O=C(O)c1cnn(-c2cccc(-c3cccc(-n4ncc5[n+]4CCC5)c3)c2)c1C1CC1. The highest BCUT2D eigenvalue weighted by atomic mass is 16.4. The van der Waals surface area contributed by atoms with Gasteiger partial charge in [0.15, 0.2) is 5.69 Å². The molecule has 6 rings (SSSR count). The van der Waals surface area contributed by atoms with Crippen LogP contribution in [-0.4, -0.2) is 30.8 Å². The number of rotatable bonds is 5. The molecule has 31 heavy (non-hydrogen) atoms. The van der Waals surface area contributed by atoms with E-state index in [-0.39, 0.29) is 5.92 Å². The van der Waals surface area contributed by atoms with Gasteiger partial charge in [0.2, 0.25) is 6.20 Å². The minimum absolute atomic E-state index is 0.277. The Morgan fingerprint density at radius 3 is 2.48 bits per heavy atom. The van der Waals surface area contributed by atoms with E-state index in [1.165, 1.54) is 11.9 Å². The molecular weight excluding hydrogens is 390 g/mol. The number of aromatic carboxylic acids is 1. The Hall–Kier alpha value is -3.74. The Morgan fingerprint density at radius 1 is 1.00 bits per heavy atom. The Kier molecular flexibility index (Phi) is 4.02. The summed E-state index contributed by atoms with van der Waals surface area (Å²) >= 11 is 0. The van der Waals surface area contributed by atoms with Crippen molar-refractivity contribution < 1.29 is 14.6 Å². The molecule has 0 saturated heterocycles. The molecule has 0 atom stereocenters. The van der Waals surface area contributed by atoms with Gasteiger partial charge >= 0.3 is 5.97 Å². The van der Waals surface area contributed by atoms with Crippen molar-refractivity contribution in [3.05, 3.63) is 77.9 Å². The zero-order valence-electron chi connectivity index (χ0n) is 17.0. The summed E-state index contributed by atoms with van der Waals surface area (Å²) in [6.45, 7) is 0.990. The molecule has 0 unspecified atom stereocenters. The van der Waals surface area contributed by atoms with Crippen LogP contribution in [-0.2, 0) is 13.0 Å². The van der Waals surface area contributed by atoms with Gasteiger partial charge in [0, 0.05) is 17.4 Å². The predicted octanol–water partition coefficient (Wildman–Crippen LogP) is 3.53. The van der Waals surface area contributed by atoms with E-state index in [1.54, 1.807) is 4.68 Å². The topological polar surface area (TPSA) is 76.8 Å². The molecule has 1 aliphatic carbocycles. The van der Waals surface area contributed by atoms with Crippen molar-refractivity contribution in [3.8, 4) is 22.5 Å². The number of aromatic nitrogens is 5. The third kappa shape index (κ3) is 3.04. The molecule has 0 bridgehead atoms. The fourth-order valence-electron chi connectivity index (χ4n) is 4.53. The lowest BCUT2D eigenvalue weighted by Gasteiger charge is -2.10. The van der Waals surface area contributed by atoms with Gasteiger partial charge in [-0.05, 0) is 59.5 Å². The Labute approximate surface area is 179 Å². The number of carboxylic acid groups (broad SMARTS) is 1. The maximum absolute atomic E-state index is 11.7. The molecule has 0 radical (unpaired) electrons. The first kappa shape index (κ1) is 18.1. The van der Waals surface area contributed by atoms with Gasteiger partial charge in [0.05, 0.1) is 17.6 Å². The summed E-state index contributed by atoms with van der Waals surface area (Å²) in [5.41, 5.74) is 6.44. The van der Waals surface area contributed by atoms with E-state index in [2.05, 4.69) is 45.2 Å². The second-order valence-electron chi connectivity index (χ2n) is 8.29. The zero-order valence-corrected chi connectivity index (χ0v) is 17.0. The number of nitrogens with zero attached hydrogens (tertiary/aromatic N) is 5. The average Bonchev–Trinajstić information content (AvgIpc) is 3.19. The predicted molar refractivity (Wildman–Crippen MR) is 114 cm³/mol. The van der Waals surface area contributed by atoms with Crippen molar-refractivity contribution in [1.82, 2.24) is 19.7 Å². The van der Waals surface area contributed by atoms with Crippen LogP contribution < -0.4 is 4.68 Å². The Morgan fingerprint density at radius 2 is 1.74 bits per heavy atom. The van der Waals surface area contributed by atoms with Crippen LogP contribution in [0.4, 0.5) is 0 Å². The van der Waals surface area contributed by atoms with E-state index in [9.17, 15) is 9.90 Å². The van der Waals surface area contributed by atoms with Crippen LogP contribution in [0.15, 0.2) is 60.9 Å². The minimum Gasteiger partial charge on any atom is -0.478 e. The van der Waals surface area contributed by atoms with Crippen molar-refractivity contribution in [2.75, 3.05) is 0 Å². The number of hydrogen-bond donors (Lipinski definition) is 1. The number of fused-ring (bicyclic) bond motifs is 1. The number of hydrogen-bond acceptors (Lipinski definition) is 3. The molecular formula is C24H22N5O2+. The smallest absolute Gasteiger partial charge is 0.339 e. The number of carboxylic acids is 1. The van der Waals surface area contributed by atoms with E-state index in [0.717, 1.165) is 60.4 Å². The van der Waals surface area contributed by atoms with Crippen LogP contribution in [0.1, 0.15) is 46.9 Å². The second kappa shape index (κ2) is 6.91. The standard InChI is InChI=1S/C24H21N5O2/c30-24(31)22-15-25-28(23(22)16-9-10-16)19-6-1-4-17(12-19)18-5-2-7-20(13-18)29-26-14-21-8-3-11-27(21)29/h1-2,4-7,12-16H,3,8-11H2/p+1. The highest BCUT2D eigenvalue weighted by Gasteiger charge is 2.33. The molecule has 2 aromatic heterocycles. The van der Waals surface area contributed by atoms with Gasteiger partial charge in [-0.15, -0.1) is 0 Å². The van der Waals surface area contributed by atoms with Gasteiger partial charge in [-0.25, -0.2) is 9.48 Å². The molecule has 1 N–H and O–H groups in total. The fraction of sp³-hybridized carbons (Fsp3) is 0.250. The monoisotopic (exact) mass is 412 g/mol. The van der Waals surface area contributed by atoms with Crippen LogP contribution in [0.25, 0.3) is 22.5 Å². The maximum Gasteiger partial charge on any atom is 0.339 e. The highest BCUT2D eigenvalue weighted by molar-refractivity contribution is 5.89. The number of aryl methyl sites for hydroxylation is 1. The van der Waals surface area contributed by atoms with Crippen LogP contribution in [0.5, 0.6) is 0 Å². The largest absolute Gasteiger partial charge is 0.478 e. The highest BCUT2D eigenvalue weighted by Crippen LogP contribution is 2.42. The van der Waals surface area contributed by atoms with Gasteiger partial charge in [0.25, 0.3) is 0 Å². The lowest BCUT2D eigenvalue weighted by molar-refractivity contribution is -0.765. The molecule has 154 valence electrons. The molecule has 7 heteroatoms. The normalized spacial score (nSPS) is 15.2. The Bertz CT molecular complexity index is 1320. The molecule has 4 aromatic rings. The molecule has 1 fully saturated rings. The van der Waals surface area contributed by atoms with Gasteiger partial charge in [-0.3, -0.25) is 0 Å². The van der Waals surface area contributed by atoms with E-state index in [0.29, 0.717) is 5.56 Å². The molecule has 3 heterocycles. The minimum atomic E-state index is -0.915. The zero-order chi connectivity index (χ0) is 20.9. The third-order valence-electron chi connectivity index (χ3n) is 6.18. The lowest BCUT2D eigenvalue weighted by atomic mass is 10.0. The van der Waals surface area contributed by atoms with Crippen molar-refractivity contribution in [2.45, 2.75) is 38.1 Å². The van der Waals surface area contributed by atoms with E-state index >= 15 is 0 Å². The summed E-state index contributed by atoms with van der Waals surface area (Å²) in [6.07, 6.45) is 7.69. The van der Waals surface area contributed by atoms with E-state index in [1.807, 2.05) is 29.2 Å². The lowest BCUT2D eigenvalue weighted by Crippen LogP contribution is -2.41. The van der Waals surface area contributed by atoms with Crippen LogP contribution in [0.3, 0.4) is 0 Å². The van der Waals surface area contributed by atoms with Crippen molar-refractivity contribution in [3.63, 3.8) is 0 Å². The van der Waals surface area contributed by atoms with Crippen LogP contribution >= 0.6 is 0 Å². The fourth-order valence-corrected chi connectivity index (χ4v) is 4.53. The molecule has 7 nitrogen and oxygen atoms in total. The molecule has 2 aromatic carbocycles. The van der Waals surface area contributed by atoms with Crippen molar-refractivity contribution in [2.24, 2.45) is 0 Å². The summed E-state index contributed by atoms with van der Waals surface area (Å²) in [6, 6.07) is 16.5. The van der Waals surface area contributed by atoms with E-state index < -0.39 is 5.97 Å². The van der Waals surface area contributed by atoms with Gasteiger partial charge in [-0.2, -0.15) is 9.78 Å². The average molecular weight is 412 g/mol. The van der Waals surface area contributed by atoms with Crippen LogP contribution in [0, 0.1) is 0 Å². The number of benzene rings is 2. The van der Waals surface area contributed by atoms with Crippen molar-refractivity contribution >= 4 is 5.97 Å². The third-order valence-corrected chi connectivity index (χ3v) is 6.18. The number of carbonyl (C=O) groups is 1. The maximum atomic E-state index is 11.7. The first-order chi connectivity index (χ1) is 15.2. The van der Waals surface area contributed by atoms with E-state index in [4.69, 9.17) is 0 Å². The summed E-state index contributed by atoms with van der Waals surface area (Å²) < 4.78 is 4.03. The van der Waals surface area contributed by atoms with Crippen LogP contribution in [0.2, 0.25) is 0 Å². The quantitative estimate of drug-likeness (QED) is 0.509. The summed E-state index contributed by atoms with van der Waals surface area (Å²) in [5.74, 6) is -0.638. The summed E-state index contributed by atoms with van der Waals surface area (Å²) in [4.78, 5) is 13.6. The first-order valence-electron chi connectivity index (χ1n) is 10.7. The molecule has 2 aliphatic rings. The molecule has 1 saturated carbocycles. The summed E-state index contributed by atoms with van der Waals surface area (Å²) in [7, 11) is 0. The molecule has 1 aliphatic heterocycles. The van der Waals surface area contributed by atoms with Crippen molar-refractivity contribution in [1.29, 1.82) is 0 Å².